The summed E-state index contributed by atoms with van der Waals surface area (Å²) in [7, 11) is 0. The fraction of sp³-hybridized carbons (Fsp3) is 0.875. The fourth-order valence-electron chi connectivity index (χ4n) is 8.07. The van der Waals surface area contributed by atoms with Crippen molar-refractivity contribution in [2.75, 3.05) is 39.4 Å². The van der Waals surface area contributed by atoms with Gasteiger partial charge in [0.05, 0.1) is 0 Å². The van der Waals surface area contributed by atoms with E-state index in [0.29, 0.717) is 0 Å². The van der Waals surface area contributed by atoms with Gasteiger partial charge in [-0.1, -0.05) is 188 Å². The molecule has 1 aromatic rings. The Balaban J connectivity index is 1.76. The molecular formula is C48H90N2O3. The molecule has 0 saturated heterocycles. The van der Waals surface area contributed by atoms with Crippen LogP contribution in [0, 0.1) is 0 Å². The lowest BCUT2D eigenvalue weighted by Crippen LogP contribution is -2.41. The van der Waals surface area contributed by atoms with Gasteiger partial charge >= 0.3 is 0 Å². The van der Waals surface area contributed by atoms with Crippen molar-refractivity contribution in [2.24, 2.45) is 0 Å². The summed E-state index contributed by atoms with van der Waals surface area (Å²) in [5.74, 6) is 1.85. The topological polar surface area (TPSA) is 34.2 Å². The van der Waals surface area contributed by atoms with Crippen molar-refractivity contribution in [1.29, 1.82) is 0 Å². The molecule has 2 unspecified atom stereocenters. The molecule has 0 amide bonds. The van der Waals surface area contributed by atoms with Gasteiger partial charge in [0.25, 0.3) is 0 Å². The minimum absolute atomic E-state index is 0.0672. The average molecular weight is 743 g/mol. The summed E-state index contributed by atoms with van der Waals surface area (Å²) in [6, 6.07) is 8.47. The Hall–Kier alpha value is -1.30. The summed E-state index contributed by atoms with van der Waals surface area (Å²) in [5.41, 5.74) is 0. The second kappa shape index (κ2) is 35.1. The second-order valence-electron chi connectivity index (χ2n) is 16.3. The SMILES string of the molecule is CCCCCCCCCCCCCCCN(CC)C1CCCOCCCC(N(CC)CCCCCCCCCCCCCCC)Oc2cccc(c2)O1. The summed E-state index contributed by atoms with van der Waals surface area (Å²) in [5, 5.41) is 0. The predicted molar refractivity (Wildman–Crippen MR) is 230 cm³/mol. The van der Waals surface area contributed by atoms with Gasteiger partial charge in [0.1, 0.15) is 11.5 Å². The van der Waals surface area contributed by atoms with Crippen LogP contribution in [0.15, 0.2) is 24.3 Å². The van der Waals surface area contributed by atoms with Crippen molar-refractivity contribution in [2.45, 2.75) is 233 Å². The van der Waals surface area contributed by atoms with Gasteiger partial charge in [-0.05, 0) is 50.9 Å². The number of unbranched alkanes of at least 4 members (excludes halogenated alkanes) is 24. The van der Waals surface area contributed by atoms with Crippen LogP contribution < -0.4 is 9.47 Å². The molecule has 310 valence electrons. The van der Waals surface area contributed by atoms with Crippen LogP contribution in [0.2, 0.25) is 0 Å². The number of benzene rings is 1. The maximum Gasteiger partial charge on any atom is 0.152 e. The Morgan fingerprint density at radius 2 is 0.774 bits per heavy atom. The van der Waals surface area contributed by atoms with Crippen molar-refractivity contribution >= 4 is 0 Å². The quantitative estimate of drug-likeness (QED) is 0.0687. The molecular weight excluding hydrogens is 653 g/mol. The van der Waals surface area contributed by atoms with Gasteiger partial charge in [-0.3, -0.25) is 9.80 Å². The van der Waals surface area contributed by atoms with E-state index in [4.69, 9.17) is 14.2 Å². The van der Waals surface area contributed by atoms with Crippen molar-refractivity contribution in [1.82, 2.24) is 9.80 Å². The van der Waals surface area contributed by atoms with Gasteiger partial charge in [-0.25, -0.2) is 0 Å². The van der Waals surface area contributed by atoms with Crippen LogP contribution in [0.3, 0.4) is 0 Å². The van der Waals surface area contributed by atoms with E-state index in [9.17, 15) is 0 Å². The molecule has 2 bridgehead atoms. The minimum atomic E-state index is 0.0672. The molecule has 53 heavy (non-hydrogen) atoms. The van der Waals surface area contributed by atoms with Crippen LogP contribution in [-0.4, -0.2) is 61.6 Å². The zero-order valence-corrected chi connectivity index (χ0v) is 36.0. The Morgan fingerprint density at radius 1 is 0.453 bits per heavy atom. The summed E-state index contributed by atoms with van der Waals surface area (Å²) >= 11 is 0. The molecule has 5 heteroatoms. The van der Waals surface area contributed by atoms with E-state index in [-0.39, 0.29) is 12.5 Å². The van der Waals surface area contributed by atoms with E-state index in [2.05, 4.69) is 61.8 Å². The third-order valence-corrected chi connectivity index (χ3v) is 11.6. The number of hydrogen-bond donors (Lipinski definition) is 0. The van der Waals surface area contributed by atoms with Gasteiger partial charge < -0.3 is 14.2 Å². The normalized spacial score (nSPS) is 17.2. The summed E-state index contributed by atoms with van der Waals surface area (Å²) in [4.78, 5) is 5.10. The maximum absolute atomic E-state index is 6.77. The lowest BCUT2D eigenvalue weighted by atomic mass is 10.0. The van der Waals surface area contributed by atoms with Crippen LogP contribution in [0.25, 0.3) is 0 Å². The van der Waals surface area contributed by atoms with E-state index in [1.165, 1.54) is 167 Å². The van der Waals surface area contributed by atoms with Crippen molar-refractivity contribution in [3.05, 3.63) is 24.3 Å². The van der Waals surface area contributed by atoms with Gasteiger partial charge in [-0.2, -0.15) is 0 Å². The molecule has 1 heterocycles. The first-order valence-electron chi connectivity index (χ1n) is 23.7. The van der Waals surface area contributed by atoms with Crippen LogP contribution in [-0.2, 0) is 4.74 Å². The van der Waals surface area contributed by atoms with Gasteiger partial charge in [0, 0.05) is 45.2 Å². The Labute approximate surface area is 331 Å². The molecule has 0 radical (unpaired) electrons. The highest BCUT2D eigenvalue weighted by atomic mass is 16.5. The molecule has 0 spiro atoms. The maximum atomic E-state index is 6.77. The molecule has 0 N–H and O–H groups in total. The van der Waals surface area contributed by atoms with E-state index in [1.54, 1.807) is 0 Å². The second-order valence-corrected chi connectivity index (χ2v) is 16.3. The van der Waals surface area contributed by atoms with E-state index in [0.717, 1.165) is 76.6 Å². The molecule has 0 saturated carbocycles. The Bertz CT molecular complexity index is 845. The first-order valence-corrected chi connectivity index (χ1v) is 23.7. The molecule has 0 aliphatic carbocycles. The van der Waals surface area contributed by atoms with Gasteiger partial charge in [-0.15, -0.1) is 0 Å². The smallest absolute Gasteiger partial charge is 0.152 e. The summed E-state index contributed by atoms with van der Waals surface area (Å²) in [6.07, 6.45) is 40.4. The Kier molecular flexibility index (Phi) is 31.7. The highest BCUT2D eigenvalue weighted by molar-refractivity contribution is 5.33. The monoisotopic (exact) mass is 743 g/mol. The number of nitrogens with zero attached hydrogens (tertiary/aromatic N) is 2. The van der Waals surface area contributed by atoms with Crippen molar-refractivity contribution in [3.63, 3.8) is 0 Å². The Morgan fingerprint density at radius 3 is 1.09 bits per heavy atom. The number of rotatable bonds is 32. The lowest BCUT2D eigenvalue weighted by molar-refractivity contribution is 0.000334. The number of hydrogen-bond acceptors (Lipinski definition) is 5. The standard InChI is InChI=1S/C48H90N2O3/c1-5-9-11-13-15-17-19-21-23-25-27-29-31-40-49(7-3)47-38-34-42-51-43-35-39-48(53-46-37-33-36-45(44-46)52-47)50(8-4)41-32-30-28-26-24-22-20-18-16-14-12-10-6-2/h33,36-37,44,47-48H,5-32,34-35,38-43H2,1-4H3. The molecule has 1 aliphatic heterocycles. The van der Waals surface area contributed by atoms with E-state index < -0.39 is 0 Å². The molecule has 2 rings (SSSR count). The van der Waals surface area contributed by atoms with Gasteiger partial charge in [0.2, 0.25) is 0 Å². The zero-order chi connectivity index (χ0) is 37.9. The zero-order valence-electron chi connectivity index (χ0n) is 36.0. The molecule has 2 atom stereocenters. The molecule has 1 aliphatic rings. The predicted octanol–water partition coefficient (Wildman–Crippen LogP) is 14.5. The van der Waals surface area contributed by atoms with Crippen LogP contribution >= 0.6 is 0 Å². The molecule has 0 fully saturated rings. The average Bonchev–Trinajstić information content (AvgIpc) is 3.17. The highest BCUT2D eigenvalue weighted by Crippen LogP contribution is 2.26. The van der Waals surface area contributed by atoms with E-state index >= 15 is 0 Å². The minimum Gasteiger partial charge on any atom is -0.475 e. The molecule has 5 nitrogen and oxygen atoms in total. The fourth-order valence-corrected chi connectivity index (χ4v) is 8.07. The first-order chi connectivity index (χ1) is 26.2. The molecule has 1 aromatic carbocycles. The summed E-state index contributed by atoms with van der Waals surface area (Å²) < 4.78 is 19.7. The van der Waals surface area contributed by atoms with E-state index in [1.807, 2.05) is 0 Å². The largest absolute Gasteiger partial charge is 0.475 e. The van der Waals surface area contributed by atoms with Crippen molar-refractivity contribution < 1.29 is 14.2 Å². The number of ether oxygens (including phenoxy) is 3. The third kappa shape index (κ3) is 25.5. The first kappa shape index (κ1) is 47.9. The number of fused-ring (bicyclic) bond motifs is 2. The lowest BCUT2D eigenvalue weighted by Gasteiger charge is -2.33. The molecule has 0 aromatic heterocycles. The van der Waals surface area contributed by atoms with Crippen LogP contribution in [0.1, 0.15) is 220 Å². The van der Waals surface area contributed by atoms with Crippen molar-refractivity contribution in [3.8, 4) is 11.5 Å². The summed E-state index contributed by atoms with van der Waals surface area (Å²) in [6.45, 7) is 15.0. The highest BCUT2D eigenvalue weighted by Gasteiger charge is 2.22. The van der Waals surface area contributed by atoms with Crippen LogP contribution in [0.4, 0.5) is 0 Å². The van der Waals surface area contributed by atoms with Crippen LogP contribution in [0.5, 0.6) is 11.5 Å². The third-order valence-electron chi connectivity index (χ3n) is 11.6. The van der Waals surface area contributed by atoms with Gasteiger partial charge in [0.15, 0.2) is 12.5 Å².